The molecule has 1 aromatic rings. The van der Waals surface area contributed by atoms with Crippen LogP contribution in [0.15, 0.2) is 30.3 Å². The molecule has 2 bridgehead atoms. The van der Waals surface area contributed by atoms with Gasteiger partial charge in [0.05, 0.1) is 20.1 Å². The van der Waals surface area contributed by atoms with E-state index in [0.29, 0.717) is 5.92 Å². The average Bonchev–Trinajstić information content (AvgIpc) is 2.30. The van der Waals surface area contributed by atoms with Crippen LogP contribution in [-0.2, 0) is 5.60 Å². The molecule has 3 aliphatic rings. The second-order valence-corrected chi connectivity index (χ2v) is 5.79. The highest BCUT2D eigenvalue weighted by Gasteiger charge is 2.53. The molecule has 0 aromatic heterocycles. The minimum atomic E-state index is -0.577. The molecule has 1 N–H and O–H groups in total. The van der Waals surface area contributed by atoms with Gasteiger partial charge in [0.25, 0.3) is 0 Å². The van der Waals surface area contributed by atoms with Gasteiger partial charge in [0.1, 0.15) is 12.1 Å². The Morgan fingerprint density at radius 1 is 1.19 bits per heavy atom. The van der Waals surface area contributed by atoms with Gasteiger partial charge in [-0.1, -0.05) is 30.3 Å². The Labute approximate surface area is 97.1 Å². The molecular formula is C14H20NO+. The molecule has 16 heavy (non-hydrogen) atoms. The zero-order valence-corrected chi connectivity index (χ0v) is 9.89. The number of hydrogen-bond donors (Lipinski definition) is 1. The van der Waals surface area contributed by atoms with Crippen LogP contribution in [0.25, 0.3) is 0 Å². The number of nitrogens with zero attached hydrogens (tertiary/aromatic N) is 1. The summed E-state index contributed by atoms with van der Waals surface area (Å²) in [6.45, 7) is 3.36. The quantitative estimate of drug-likeness (QED) is 0.712. The molecule has 3 fully saturated rings. The van der Waals surface area contributed by atoms with Crippen molar-refractivity contribution < 1.29 is 9.59 Å². The molecule has 3 heterocycles. The van der Waals surface area contributed by atoms with Gasteiger partial charge in [-0.2, -0.15) is 0 Å². The Kier molecular flexibility index (Phi) is 2.13. The van der Waals surface area contributed by atoms with Crippen LogP contribution in [0.2, 0.25) is 0 Å². The number of aliphatic hydroxyl groups is 1. The molecular weight excluding hydrogens is 198 g/mol. The van der Waals surface area contributed by atoms with E-state index in [1.54, 1.807) is 0 Å². The third-order valence-corrected chi connectivity index (χ3v) is 4.61. The minimum absolute atomic E-state index is 0.467. The summed E-state index contributed by atoms with van der Waals surface area (Å²) in [6, 6.07) is 10.2. The third kappa shape index (κ3) is 1.40. The summed E-state index contributed by atoms with van der Waals surface area (Å²) < 4.78 is 1.04. The fourth-order valence-electron chi connectivity index (χ4n) is 3.59. The summed E-state index contributed by atoms with van der Waals surface area (Å²) in [4.78, 5) is 0. The van der Waals surface area contributed by atoms with E-state index in [1.165, 1.54) is 25.9 Å². The molecule has 0 radical (unpaired) electrons. The Morgan fingerprint density at radius 3 is 2.38 bits per heavy atom. The molecule has 2 nitrogen and oxygen atoms in total. The normalized spacial score (nSPS) is 42.2. The van der Waals surface area contributed by atoms with E-state index in [9.17, 15) is 5.11 Å². The van der Waals surface area contributed by atoms with Gasteiger partial charge in [0.15, 0.2) is 0 Å². The molecule has 0 saturated carbocycles. The first-order valence-corrected chi connectivity index (χ1v) is 6.24. The molecule has 2 heteroatoms. The number of likely N-dealkylation sites (N-methyl/N-ethyl adjacent to an activating group) is 1. The first-order chi connectivity index (χ1) is 7.62. The van der Waals surface area contributed by atoms with E-state index >= 15 is 0 Å². The SMILES string of the molecule is C[N+]12CCC(CC1)C(O)(c1ccccc1)C2. The molecule has 86 valence electrons. The van der Waals surface area contributed by atoms with Crippen LogP contribution in [-0.4, -0.2) is 36.3 Å². The maximum atomic E-state index is 11.0. The lowest BCUT2D eigenvalue weighted by Crippen LogP contribution is -2.65. The van der Waals surface area contributed by atoms with Crippen molar-refractivity contribution in [2.45, 2.75) is 18.4 Å². The molecule has 0 spiro atoms. The van der Waals surface area contributed by atoms with Crippen molar-refractivity contribution in [3.63, 3.8) is 0 Å². The first-order valence-electron chi connectivity index (χ1n) is 6.24. The predicted octanol–water partition coefficient (Wildman–Crippen LogP) is 1.74. The number of rotatable bonds is 1. The smallest absolute Gasteiger partial charge is 0.141 e. The molecule has 0 amide bonds. The molecule has 1 unspecified atom stereocenters. The maximum Gasteiger partial charge on any atom is 0.141 e. The molecule has 0 aliphatic carbocycles. The van der Waals surface area contributed by atoms with E-state index < -0.39 is 5.60 Å². The third-order valence-electron chi connectivity index (χ3n) is 4.61. The van der Waals surface area contributed by atoms with E-state index in [-0.39, 0.29) is 0 Å². The highest BCUT2D eigenvalue weighted by Crippen LogP contribution is 2.45. The van der Waals surface area contributed by atoms with Gasteiger partial charge in [0, 0.05) is 18.8 Å². The van der Waals surface area contributed by atoms with Gasteiger partial charge in [-0.3, -0.25) is 0 Å². The highest BCUT2D eigenvalue weighted by molar-refractivity contribution is 5.24. The summed E-state index contributed by atoms with van der Waals surface area (Å²) in [7, 11) is 2.28. The lowest BCUT2D eigenvalue weighted by atomic mass is 9.70. The van der Waals surface area contributed by atoms with Crippen LogP contribution in [0.3, 0.4) is 0 Å². The lowest BCUT2D eigenvalue weighted by Gasteiger charge is -2.54. The lowest BCUT2D eigenvalue weighted by molar-refractivity contribution is -0.934. The van der Waals surface area contributed by atoms with E-state index in [4.69, 9.17) is 0 Å². The van der Waals surface area contributed by atoms with Crippen LogP contribution >= 0.6 is 0 Å². The zero-order valence-electron chi connectivity index (χ0n) is 9.89. The van der Waals surface area contributed by atoms with E-state index in [2.05, 4.69) is 19.2 Å². The van der Waals surface area contributed by atoms with Crippen molar-refractivity contribution >= 4 is 0 Å². The van der Waals surface area contributed by atoms with Crippen LogP contribution < -0.4 is 0 Å². The number of piperidine rings is 3. The van der Waals surface area contributed by atoms with Crippen molar-refractivity contribution in [2.24, 2.45) is 5.92 Å². The average molecular weight is 218 g/mol. The summed E-state index contributed by atoms with van der Waals surface area (Å²) in [6.07, 6.45) is 2.34. The minimum Gasteiger partial charge on any atom is -0.379 e. The number of hydrogen-bond acceptors (Lipinski definition) is 1. The van der Waals surface area contributed by atoms with Crippen LogP contribution in [0.4, 0.5) is 0 Å². The Bertz CT molecular complexity index is 381. The molecule has 3 aliphatic heterocycles. The Hall–Kier alpha value is -0.860. The monoisotopic (exact) mass is 218 g/mol. The number of quaternary nitrogens is 1. The Morgan fingerprint density at radius 2 is 1.81 bits per heavy atom. The van der Waals surface area contributed by atoms with Gasteiger partial charge < -0.3 is 9.59 Å². The van der Waals surface area contributed by atoms with Crippen LogP contribution in [0.1, 0.15) is 18.4 Å². The number of fused-ring (bicyclic) bond motifs is 3. The van der Waals surface area contributed by atoms with Gasteiger partial charge >= 0.3 is 0 Å². The van der Waals surface area contributed by atoms with Crippen molar-refractivity contribution in [3.05, 3.63) is 35.9 Å². The molecule has 1 aromatic carbocycles. The highest BCUT2D eigenvalue weighted by atomic mass is 16.3. The van der Waals surface area contributed by atoms with Crippen molar-refractivity contribution in [2.75, 3.05) is 26.7 Å². The van der Waals surface area contributed by atoms with Gasteiger partial charge in [-0.05, 0) is 5.56 Å². The molecule has 3 saturated heterocycles. The van der Waals surface area contributed by atoms with Crippen molar-refractivity contribution in [1.29, 1.82) is 0 Å². The predicted molar refractivity (Wildman–Crippen MR) is 63.8 cm³/mol. The topological polar surface area (TPSA) is 20.2 Å². The molecule has 4 rings (SSSR count). The van der Waals surface area contributed by atoms with Crippen molar-refractivity contribution in [3.8, 4) is 0 Å². The summed E-state index contributed by atoms with van der Waals surface area (Å²) in [5, 5.41) is 11.0. The van der Waals surface area contributed by atoms with Gasteiger partial charge in [0.2, 0.25) is 0 Å². The second kappa shape index (κ2) is 3.31. The Balaban J connectivity index is 2.00. The fourth-order valence-corrected chi connectivity index (χ4v) is 3.59. The standard InChI is InChI=1S/C14H20NO/c1-15-9-7-13(8-10-15)14(16,11-15)12-5-3-2-4-6-12/h2-6,13,16H,7-11H2,1H3/q+1. The van der Waals surface area contributed by atoms with E-state index in [0.717, 1.165) is 16.6 Å². The second-order valence-electron chi connectivity index (χ2n) is 5.79. The number of benzene rings is 1. The maximum absolute atomic E-state index is 11.0. The van der Waals surface area contributed by atoms with Gasteiger partial charge in [-0.15, -0.1) is 0 Å². The van der Waals surface area contributed by atoms with Crippen LogP contribution in [0.5, 0.6) is 0 Å². The molecule has 1 atom stereocenters. The van der Waals surface area contributed by atoms with Gasteiger partial charge in [-0.25, -0.2) is 0 Å². The van der Waals surface area contributed by atoms with Crippen molar-refractivity contribution in [1.82, 2.24) is 0 Å². The largest absolute Gasteiger partial charge is 0.379 e. The first kappa shape index (κ1) is 10.3. The summed E-state index contributed by atoms with van der Waals surface area (Å²) in [5.74, 6) is 0.467. The van der Waals surface area contributed by atoms with E-state index in [1.807, 2.05) is 18.2 Å². The zero-order chi connectivity index (χ0) is 11.2. The van der Waals surface area contributed by atoms with Crippen LogP contribution in [0, 0.1) is 5.92 Å². The summed E-state index contributed by atoms with van der Waals surface area (Å²) in [5.41, 5.74) is 0.538. The fraction of sp³-hybridized carbons (Fsp3) is 0.571. The summed E-state index contributed by atoms with van der Waals surface area (Å²) >= 11 is 0.